The van der Waals surface area contributed by atoms with Crippen molar-refractivity contribution in [2.24, 2.45) is 5.73 Å². The molecule has 1 saturated heterocycles. The number of aromatic nitrogens is 4. The van der Waals surface area contributed by atoms with Crippen LogP contribution in [-0.2, 0) is 6.42 Å². The van der Waals surface area contributed by atoms with Crippen molar-refractivity contribution in [1.29, 1.82) is 0 Å². The van der Waals surface area contributed by atoms with E-state index in [2.05, 4.69) is 20.0 Å². The van der Waals surface area contributed by atoms with Gasteiger partial charge in [-0.05, 0) is 56.4 Å². The lowest BCUT2D eigenvalue weighted by molar-refractivity contribution is 0.0688. The highest BCUT2D eigenvalue weighted by Gasteiger charge is 2.30. The molecular weight excluding hydrogens is 375 g/mol. The molecule has 152 valence electrons. The first-order valence-corrected chi connectivity index (χ1v) is 9.68. The van der Waals surface area contributed by atoms with Gasteiger partial charge in [-0.1, -0.05) is 0 Å². The average Bonchev–Trinajstić information content (AvgIpc) is 3.33. The van der Waals surface area contributed by atoms with Crippen LogP contribution in [0.3, 0.4) is 0 Å². The number of anilines is 1. The van der Waals surface area contributed by atoms with Crippen molar-refractivity contribution >= 4 is 17.4 Å². The molecule has 29 heavy (non-hydrogen) atoms. The maximum absolute atomic E-state index is 14.0. The number of aryl methyl sites for hydroxylation is 1. The van der Waals surface area contributed by atoms with Crippen LogP contribution in [0.25, 0.3) is 5.65 Å². The van der Waals surface area contributed by atoms with Gasteiger partial charge in [0, 0.05) is 18.3 Å². The lowest BCUT2D eigenvalue weighted by atomic mass is 9.98. The molecule has 3 N–H and O–H groups in total. The van der Waals surface area contributed by atoms with Gasteiger partial charge in [0.05, 0.1) is 18.4 Å². The summed E-state index contributed by atoms with van der Waals surface area (Å²) in [6, 6.07) is 5.06. The summed E-state index contributed by atoms with van der Waals surface area (Å²) in [6.45, 7) is 2.68. The summed E-state index contributed by atoms with van der Waals surface area (Å²) in [7, 11) is 0. The van der Waals surface area contributed by atoms with Crippen molar-refractivity contribution in [2.45, 2.75) is 44.7 Å². The SMILES string of the molecule is C[C@@H](N)CCc1ncc(F)cc1C1CCCN1c1ccc2ncc(C(=O)O)n2n1. The van der Waals surface area contributed by atoms with Crippen LogP contribution < -0.4 is 10.6 Å². The summed E-state index contributed by atoms with van der Waals surface area (Å²) in [6.07, 6.45) is 5.73. The zero-order valence-electron chi connectivity index (χ0n) is 16.1. The topological polar surface area (TPSA) is 110 Å². The summed E-state index contributed by atoms with van der Waals surface area (Å²) >= 11 is 0. The Kier molecular flexibility index (Phi) is 5.14. The third-order valence-corrected chi connectivity index (χ3v) is 5.28. The Morgan fingerprint density at radius 1 is 1.38 bits per heavy atom. The number of rotatable bonds is 6. The maximum Gasteiger partial charge on any atom is 0.356 e. The highest BCUT2D eigenvalue weighted by Crippen LogP contribution is 2.37. The minimum absolute atomic E-state index is 0.00245. The second-order valence-corrected chi connectivity index (χ2v) is 7.47. The van der Waals surface area contributed by atoms with E-state index in [-0.39, 0.29) is 23.6 Å². The lowest BCUT2D eigenvalue weighted by Crippen LogP contribution is -2.26. The van der Waals surface area contributed by atoms with Crippen LogP contribution in [0.4, 0.5) is 10.2 Å². The van der Waals surface area contributed by atoms with Crippen molar-refractivity contribution in [3.8, 4) is 0 Å². The molecule has 9 heteroatoms. The molecular formula is C20H23FN6O2. The first-order chi connectivity index (χ1) is 13.9. The Labute approximate surface area is 167 Å². The smallest absolute Gasteiger partial charge is 0.356 e. The number of carbonyl (C=O) groups is 1. The predicted molar refractivity (Wildman–Crippen MR) is 105 cm³/mol. The number of aromatic carboxylic acids is 1. The van der Waals surface area contributed by atoms with Gasteiger partial charge in [0.25, 0.3) is 0 Å². The Balaban J connectivity index is 1.71. The van der Waals surface area contributed by atoms with Crippen molar-refractivity contribution in [2.75, 3.05) is 11.4 Å². The predicted octanol–water partition coefficient (Wildman–Crippen LogP) is 2.58. The van der Waals surface area contributed by atoms with Crippen LogP contribution in [0.5, 0.6) is 0 Å². The molecule has 0 spiro atoms. The molecule has 3 aromatic rings. The molecule has 4 rings (SSSR count). The summed E-state index contributed by atoms with van der Waals surface area (Å²) in [5.74, 6) is -0.835. The normalized spacial score (nSPS) is 17.8. The minimum atomic E-state index is -1.09. The average molecular weight is 398 g/mol. The Morgan fingerprint density at radius 2 is 2.21 bits per heavy atom. The molecule has 3 aromatic heterocycles. The number of nitrogens with two attached hydrogens (primary N) is 1. The second kappa shape index (κ2) is 7.75. The van der Waals surface area contributed by atoms with Crippen LogP contribution >= 0.6 is 0 Å². The molecule has 4 heterocycles. The zero-order chi connectivity index (χ0) is 20.5. The second-order valence-electron chi connectivity index (χ2n) is 7.47. The van der Waals surface area contributed by atoms with Gasteiger partial charge in [-0.2, -0.15) is 0 Å². The number of halogens is 1. The third-order valence-electron chi connectivity index (χ3n) is 5.28. The van der Waals surface area contributed by atoms with Gasteiger partial charge >= 0.3 is 5.97 Å². The molecule has 0 bridgehead atoms. The van der Waals surface area contributed by atoms with Crippen molar-refractivity contribution < 1.29 is 14.3 Å². The number of carboxylic acid groups (broad SMARTS) is 1. The van der Waals surface area contributed by atoms with Crippen LogP contribution in [0, 0.1) is 5.82 Å². The van der Waals surface area contributed by atoms with Gasteiger partial charge in [-0.15, -0.1) is 5.10 Å². The lowest BCUT2D eigenvalue weighted by Gasteiger charge is -2.27. The fourth-order valence-corrected chi connectivity index (χ4v) is 3.87. The van der Waals surface area contributed by atoms with E-state index in [9.17, 15) is 14.3 Å². The minimum Gasteiger partial charge on any atom is -0.476 e. The number of hydrogen-bond donors (Lipinski definition) is 2. The molecule has 1 fully saturated rings. The first-order valence-electron chi connectivity index (χ1n) is 9.68. The number of nitrogens with zero attached hydrogens (tertiary/aromatic N) is 5. The van der Waals surface area contributed by atoms with Crippen molar-refractivity contribution in [3.05, 3.63) is 53.4 Å². The molecule has 1 aliphatic heterocycles. The van der Waals surface area contributed by atoms with E-state index in [0.717, 1.165) is 37.1 Å². The molecule has 1 aliphatic rings. The van der Waals surface area contributed by atoms with Gasteiger partial charge in [0.2, 0.25) is 0 Å². The highest BCUT2D eigenvalue weighted by atomic mass is 19.1. The molecule has 0 aromatic carbocycles. The van der Waals surface area contributed by atoms with Gasteiger partial charge in [-0.3, -0.25) is 4.98 Å². The van der Waals surface area contributed by atoms with Crippen LogP contribution in [0.15, 0.2) is 30.6 Å². The fourth-order valence-electron chi connectivity index (χ4n) is 3.87. The highest BCUT2D eigenvalue weighted by molar-refractivity contribution is 5.86. The van der Waals surface area contributed by atoms with Crippen molar-refractivity contribution in [1.82, 2.24) is 19.6 Å². The van der Waals surface area contributed by atoms with E-state index < -0.39 is 5.97 Å². The van der Waals surface area contributed by atoms with E-state index in [1.165, 1.54) is 16.9 Å². The van der Waals surface area contributed by atoms with E-state index in [1.54, 1.807) is 12.1 Å². The number of hydrogen-bond acceptors (Lipinski definition) is 6. The van der Waals surface area contributed by atoms with Crippen LogP contribution in [0.1, 0.15) is 54.0 Å². The van der Waals surface area contributed by atoms with Crippen LogP contribution in [-0.4, -0.2) is 43.2 Å². The number of imidazole rings is 1. The van der Waals surface area contributed by atoms with Gasteiger partial charge in [0.15, 0.2) is 11.3 Å². The fraction of sp³-hybridized carbons (Fsp3) is 0.400. The van der Waals surface area contributed by atoms with Gasteiger partial charge in [0.1, 0.15) is 11.6 Å². The van der Waals surface area contributed by atoms with Gasteiger partial charge in [-0.25, -0.2) is 18.7 Å². The van der Waals surface area contributed by atoms with E-state index in [4.69, 9.17) is 5.73 Å². The number of pyridine rings is 1. The Bertz CT molecular complexity index is 1050. The molecule has 0 amide bonds. The molecule has 8 nitrogen and oxygen atoms in total. The zero-order valence-corrected chi connectivity index (χ0v) is 16.1. The Hall–Kier alpha value is -3.07. The van der Waals surface area contributed by atoms with Crippen molar-refractivity contribution in [3.63, 3.8) is 0 Å². The summed E-state index contributed by atoms with van der Waals surface area (Å²) in [5, 5.41) is 13.9. The van der Waals surface area contributed by atoms with E-state index in [0.29, 0.717) is 17.9 Å². The maximum atomic E-state index is 14.0. The number of carboxylic acids is 1. The first kappa shape index (κ1) is 19.3. The quantitative estimate of drug-likeness (QED) is 0.657. The van der Waals surface area contributed by atoms with E-state index in [1.807, 2.05) is 13.0 Å². The molecule has 0 saturated carbocycles. The number of fused-ring (bicyclic) bond motifs is 1. The van der Waals surface area contributed by atoms with Crippen LogP contribution in [0.2, 0.25) is 0 Å². The molecule has 2 atom stereocenters. The summed E-state index contributed by atoms with van der Waals surface area (Å²) in [4.78, 5) is 21.9. The molecule has 0 radical (unpaired) electrons. The molecule has 1 unspecified atom stereocenters. The monoisotopic (exact) mass is 398 g/mol. The van der Waals surface area contributed by atoms with Gasteiger partial charge < -0.3 is 15.7 Å². The summed E-state index contributed by atoms with van der Waals surface area (Å²) in [5.41, 5.74) is 8.05. The Morgan fingerprint density at radius 3 is 2.97 bits per heavy atom. The third kappa shape index (κ3) is 3.77. The summed E-state index contributed by atoms with van der Waals surface area (Å²) < 4.78 is 15.4. The van der Waals surface area contributed by atoms with E-state index >= 15 is 0 Å². The largest absolute Gasteiger partial charge is 0.476 e. The standard InChI is InChI=1S/C20H23FN6O2/c1-12(22)4-5-15-14(9-13(21)10-23-15)16-3-2-8-26(16)19-7-6-18-24-11-17(20(28)29)27(18)25-19/h6-7,9-12,16H,2-5,8,22H2,1H3,(H,28,29)/t12-,16?/m1/s1. The molecule has 0 aliphatic carbocycles.